The maximum atomic E-state index is 12.9. The summed E-state index contributed by atoms with van der Waals surface area (Å²) in [5.41, 5.74) is 8.90. The van der Waals surface area contributed by atoms with Gasteiger partial charge in [-0.2, -0.15) is 0 Å². The molecule has 0 atom stereocenters. The highest BCUT2D eigenvalue weighted by Crippen LogP contribution is 2.47. The van der Waals surface area contributed by atoms with Crippen molar-refractivity contribution in [2.75, 3.05) is 43.4 Å². The Hall–Kier alpha value is -6.30. The summed E-state index contributed by atoms with van der Waals surface area (Å²) >= 11 is 6.16. The standard InChI is InChI=1S/C28H36N4O5S2.C22H23N3O3S2.C6H13NO2/c1-27(2,3)36-22(34)15-29-13-11-21(33)31-25-23(24-30-18-9-7-8-10-19(18)38-24)17-12-14-32(16-20(17)39-25)26(35)37-28(4,5)6;1-5-17(26)24-20-18(19-23-14-8-6-7-9-15(14)29-19)13-10-11-25(12-16(13)30-20)21(27)28-22(2,3)4;1-6(2,3)9-5(8)4-7/h7-10,29H,11-16H2,1-6H3,(H,31,33);5-9H,1,10-12H2,2-4H3,(H,24,26);4,7H2,1-3H3. The molecule has 420 valence electrons. The molecule has 8 rings (SSSR count). The zero-order valence-electron chi connectivity index (χ0n) is 46.6. The Morgan fingerprint density at radius 3 is 1.44 bits per heavy atom. The van der Waals surface area contributed by atoms with E-state index in [4.69, 9.17) is 34.6 Å². The van der Waals surface area contributed by atoms with E-state index in [1.165, 1.54) is 28.7 Å². The van der Waals surface area contributed by atoms with Crippen molar-refractivity contribution in [2.45, 2.75) is 138 Å². The summed E-state index contributed by atoms with van der Waals surface area (Å²) in [4.78, 5) is 87.8. The number of hydrogen-bond acceptors (Lipinski definition) is 18. The van der Waals surface area contributed by atoms with Gasteiger partial charge in [0.2, 0.25) is 11.8 Å². The number of nitrogens with zero attached hydrogens (tertiary/aromatic N) is 4. The summed E-state index contributed by atoms with van der Waals surface area (Å²) in [6.45, 7) is 27.8. The molecular weight excluding hydrogens is 1070 g/mol. The minimum Gasteiger partial charge on any atom is -0.459 e. The summed E-state index contributed by atoms with van der Waals surface area (Å²) in [6.07, 6.45) is 2.11. The van der Waals surface area contributed by atoms with E-state index in [1.807, 2.05) is 111 Å². The summed E-state index contributed by atoms with van der Waals surface area (Å²) in [6, 6.07) is 15.9. The zero-order valence-corrected chi connectivity index (χ0v) is 49.8. The molecule has 0 aliphatic carbocycles. The molecule has 2 aliphatic rings. The average molecular weight is 1150 g/mol. The number of thiophene rings is 2. The van der Waals surface area contributed by atoms with Crippen LogP contribution in [0.25, 0.3) is 41.6 Å². The molecule has 0 bridgehead atoms. The van der Waals surface area contributed by atoms with Gasteiger partial charge in [-0.25, -0.2) is 19.6 Å². The average Bonchev–Trinajstić information content (AvgIpc) is 4.22. The van der Waals surface area contributed by atoms with Crippen molar-refractivity contribution in [1.82, 2.24) is 25.1 Å². The first kappa shape index (κ1) is 60.9. The maximum absolute atomic E-state index is 12.9. The molecule has 2 aromatic carbocycles. The molecular formula is C56H72N8O10S4. The summed E-state index contributed by atoms with van der Waals surface area (Å²) in [7, 11) is 0. The van der Waals surface area contributed by atoms with E-state index in [9.17, 15) is 28.8 Å². The van der Waals surface area contributed by atoms with Crippen LogP contribution in [-0.4, -0.2) is 111 Å². The van der Waals surface area contributed by atoms with Gasteiger partial charge in [-0.1, -0.05) is 30.8 Å². The van der Waals surface area contributed by atoms with Gasteiger partial charge in [0.25, 0.3) is 0 Å². The number of fused-ring (bicyclic) bond motifs is 4. The van der Waals surface area contributed by atoms with Crippen molar-refractivity contribution in [3.8, 4) is 21.1 Å². The fraction of sp³-hybridized carbons (Fsp3) is 0.464. The van der Waals surface area contributed by atoms with Gasteiger partial charge in [0, 0.05) is 46.9 Å². The quantitative estimate of drug-likeness (QED) is 0.0409. The second-order valence-corrected chi connectivity index (χ2v) is 26.5. The van der Waals surface area contributed by atoms with Crippen LogP contribution in [0.3, 0.4) is 0 Å². The number of rotatable bonds is 11. The van der Waals surface area contributed by atoms with Crippen LogP contribution in [0.1, 0.15) is 110 Å². The lowest BCUT2D eigenvalue weighted by molar-refractivity contribution is -0.154. The first-order valence-electron chi connectivity index (χ1n) is 25.5. The molecule has 0 saturated heterocycles. The van der Waals surface area contributed by atoms with Crippen LogP contribution in [0.2, 0.25) is 0 Å². The number of thiazole rings is 2. The fourth-order valence-electron chi connectivity index (χ4n) is 7.86. The summed E-state index contributed by atoms with van der Waals surface area (Å²) < 4.78 is 23.4. The molecule has 0 fully saturated rings. The lowest BCUT2D eigenvalue weighted by Gasteiger charge is -2.30. The Labute approximate surface area is 472 Å². The van der Waals surface area contributed by atoms with Crippen LogP contribution in [0.5, 0.6) is 0 Å². The third-order valence-electron chi connectivity index (χ3n) is 10.9. The van der Waals surface area contributed by atoms with E-state index in [2.05, 4.69) is 22.5 Å². The van der Waals surface area contributed by atoms with E-state index in [0.717, 1.165) is 72.5 Å². The monoisotopic (exact) mass is 1140 g/mol. The molecule has 4 amide bonds. The topological polar surface area (TPSA) is 234 Å². The SMILES string of the molecule is C=CC(=O)Nc1sc2c(c1-c1nc3ccccc3s1)CCN(C(=O)OC(C)(C)C)C2.CC(C)(C)OC(=O)CN.CC(C)(C)OC(=O)CNCCC(=O)Nc1sc2c(c1-c1nc3ccccc3s1)CCN(C(=O)OC(C)(C)C)C2. The summed E-state index contributed by atoms with van der Waals surface area (Å²) in [5.74, 6) is -1.15. The van der Waals surface area contributed by atoms with Crippen LogP contribution < -0.4 is 21.7 Å². The number of anilines is 2. The molecule has 4 aromatic heterocycles. The van der Waals surface area contributed by atoms with Gasteiger partial charge in [0.05, 0.1) is 46.6 Å². The largest absolute Gasteiger partial charge is 0.459 e. The minimum atomic E-state index is -0.574. The third-order valence-corrected chi connectivity index (χ3v) is 15.3. The molecule has 6 heterocycles. The third kappa shape index (κ3) is 17.6. The Kier molecular flexibility index (Phi) is 20.0. The Morgan fingerprint density at radius 2 is 1.04 bits per heavy atom. The molecule has 0 radical (unpaired) electrons. The van der Waals surface area contributed by atoms with Gasteiger partial charge >= 0.3 is 24.1 Å². The van der Waals surface area contributed by atoms with E-state index >= 15 is 0 Å². The zero-order chi connectivity index (χ0) is 57.3. The first-order chi connectivity index (χ1) is 36.5. The van der Waals surface area contributed by atoms with Crippen LogP contribution in [0.15, 0.2) is 61.2 Å². The van der Waals surface area contributed by atoms with Crippen molar-refractivity contribution in [3.63, 3.8) is 0 Å². The number of amides is 4. The van der Waals surface area contributed by atoms with Crippen LogP contribution in [-0.2, 0) is 64.1 Å². The number of benzene rings is 2. The number of hydrogen-bond donors (Lipinski definition) is 4. The van der Waals surface area contributed by atoms with Crippen molar-refractivity contribution in [2.24, 2.45) is 5.73 Å². The fourth-order valence-corrected chi connectivity index (χ4v) is 12.6. The Morgan fingerprint density at radius 1 is 0.615 bits per heavy atom. The number of aromatic nitrogens is 2. The lowest BCUT2D eigenvalue weighted by atomic mass is 10.0. The van der Waals surface area contributed by atoms with Crippen molar-refractivity contribution in [1.29, 1.82) is 0 Å². The van der Waals surface area contributed by atoms with Crippen LogP contribution in [0, 0.1) is 0 Å². The highest BCUT2D eigenvalue weighted by molar-refractivity contribution is 7.23. The van der Waals surface area contributed by atoms with Gasteiger partial charge in [-0.3, -0.25) is 19.2 Å². The number of ether oxygens (including phenoxy) is 4. The van der Waals surface area contributed by atoms with Gasteiger partial charge in [0.1, 0.15) is 42.4 Å². The molecule has 78 heavy (non-hydrogen) atoms. The molecule has 5 N–H and O–H groups in total. The van der Waals surface area contributed by atoms with E-state index in [1.54, 1.807) is 53.2 Å². The predicted octanol–water partition coefficient (Wildman–Crippen LogP) is 11.3. The minimum absolute atomic E-state index is 0.0370. The molecule has 2 aliphatic heterocycles. The lowest BCUT2D eigenvalue weighted by Crippen LogP contribution is -2.39. The smallest absolute Gasteiger partial charge is 0.410 e. The normalized spacial score (nSPS) is 13.4. The predicted molar refractivity (Wildman–Crippen MR) is 312 cm³/mol. The summed E-state index contributed by atoms with van der Waals surface area (Å²) in [5, 5.41) is 12.2. The first-order valence-corrected chi connectivity index (χ1v) is 28.8. The highest BCUT2D eigenvalue weighted by atomic mass is 32.1. The molecule has 0 saturated carbocycles. The van der Waals surface area contributed by atoms with Gasteiger partial charge < -0.3 is 50.4 Å². The van der Waals surface area contributed by atoms with Gasteiger partial charge in [0.15, 0.2) is 0 Å². The molecule has 0 unspecified atom stereocenters. The van der Waals surface area contributed by atoms with E-state index < -0.39 is 22.4 Å². The number of carbonyl (C=O) groups is 6. The number of esters is 2. The molecule has 6 aromatic rings. The second kappa shape index (κ2) is 25.7. The number of nitrogens with two attached hydrogens (primary N) is 1. The van der Waals surface area contributed by atoms with Crippen molar-refractivity contribution >= 4 is 112 Å². The molecule has 18 nitrogen and oxygen atoms in total. The second-order valence-electron chi connectivity index (χ2n) is 22.2. The van der Waals surface area contributed by atoms with Crippen molar-refractivity contribution in [3.05, 3.63) is 82.1 Å². The van der Waals surface area contributed by atoms with Crippen LogP contribution >= 0.6 is 45.3 Å². The van der Waals surface area contributed by atoms with E-state index in [-0.39, 0.29) is 55.4 Å². The van der Waals surface area contributed by atoms with Crippen molar-refractivity contribution < 1.29 is 47.7 Å². The Bertz CT molecular complexity index is 3080. The highest BCUT2D eigenvalue weighted by Gasteiger charge is 2.33. The molecule has 0 spiro atoms. The van der Waals surface area contributed by atoms with Gasteiger partial charge in [-0.15, -0.1) is 45.3 Å². The van der Waals surface area contributed by atoms with Crippen LogP contribution in [0.4, 0.5) is 19.6 Å². The maximum Gasteiger partial charge on any atom is 0.410 e. The molecule has 22 heteroatoms. The van der Waals surface area contributed by atoms with Gasteiger partial charge in [-0.05, 0) is 137 Å². The van der Waals surface area contributed by atoms with E-state index in [0.29, 0.717) is 45.6 Å². The Balaban J connectivity index is 0.000000223. The number of para-hydroxylation sites is 2. The number of nitrogens with one attached hydrogen (secondary N) is 3. The number of carbonyl (C=O) groups excluding carboxylic acids is 6.